The number of carbonyl (C=O) groups is 2. The van der Waals surface area contributed by atoms with Gasteiger partial charge in [0.1, 0.15) is 5.82 Å². The van der Waals surface area contributed by atoms with Crippen LogP contribution in [-0.2, 0) is 14.9 Å². The van der Waals surface area contributed by atoms with Gasteiger partial charge in [-0.1, -0.05) is 31.5 Å². The van der Waals surface area contributed by atoms with Crippen molar-refractivity contribution in [3.05, 3.63) is 82.8 Å². The molecule has 1 aliphatic rings. The number of nitrogens with zero attached hydrogens (tertiary/aromatic N) is 2. The summed E-state index contributed by atoms with van der Waals surface area (Å²) >= 11 is 6.18. The lowest BCUT2D eigenvalue weighted by atomic mass is 9.83. The number of rotatable bonds is 3. The minimum absolute atomic E-state index is 0.170. The first-order chi connectivity index (χ1) is 15.1. The summed E-state index contributed by atoms with van der Waals surface area (Å²) in [6.07, 6.45) is 4.02. The Labute approximate surface area is 191 Å². The molecule has 0 bridgehead atoms. The number of H-pyrrole nitrogens is 1. The number of ether oxygens (including phenoxy) is 1. The molecule has 2 heterocycles. The Balaban J connectivity index is 2.23. The Bertz CT molecular complexity index is 1110. The Morgan fingerprint density at radius 1 is 1.19 bits per heavy atom. The average Bonchev–Trinajstić information content (AvgIpc) is 2.76. The average molecular weight is 458 g/mol. The summed E-state index contributed by atoms with van der Waals surface area (Å²) in [7, 11) is 0. The Morgan fingerprint density at radius 2 is 1.88 bits per heavy atom. The van der Waals surface area contributed by atoms with E-state index in [1.54, 1.807) is 26.0 Å². The summed E-state index contributed by atoms with van der Waals surface area (Å²) in [5.74, 6) is -1.39. The standard InChI is InChI=1S/C24H25ClFN3O3/c1-15(2)32-23(31)19-12-29(22(30)16-5-8-18(26)9-6-16)13-24(3,4)20-10-7-17(25)11-27-14-28-21(19)20/h5-12,14-15H,13H2,1-4H3,(H,27,28). The van der Waals surface area contributed by atoms with Gasteiger partial charge in [0.25, 0.3) is 5.91 Å². The van der Waals surface area contributed by atoms with Crippen LogP contribution in [0.5, 0.6) is 0 Å². The van der Waals surface area contributed by atoms with Gasteiger partial charge >= 0.3 is 5.97 Å². The van der Waals surface area contributed by atoms with E-state index >= 15 is 0 Å². The molecule has 32 heavy (non-hydrogen) atoms. The maximum atomic E-state index is 13.4. The van der Waals surface area contributed by atoms with E-state index in [1.807, 2.05) is 13.8 Å². The second-order valence-electron chi connectivity index (χ2n) is 8.38. The summed E-state index contributed by atoms with van der Waals surface area (Å²) in [5.41, 5.74) is 1.09. The van der Waals surface area contributed by atoms with Crippen molar-refractivity contribution in [2.45, 2.75) is 39.2 Å². The molecule has 2 aromatic rings. The molecule has 0 fully saturated rings. The van der Waals surface area contributed by atoms with E-state index in [0.29, 0.717) is 16.3 Å². The van der Waals surface area contributed by atoms with Crippen molar-refractivity contribution in [1.82, 2.24) is 14.9 Å². The van der Waals surface area contributed by atoms with Crippen LogP contribution in [0.15, 0.2) is 55.1 Å². The van der Waals surface area contributed by atoms with Crippen molar-refractivity contribution >= 4 is 29.1 Å². The van der Waals surface area contributed by atoms with Gasteiger partial charge in [-0.2, -0.15) is 0 Å². The zero-order chi connectivity index (χ0) is 23.5. The first-order valence-corrected chi connectivity index (χ1v) is 10.5. The van der Waals surface area contributed by atoms with Crippen LogP contribution in [0, 0.1) is 5.82 Å². The molecular weight excluding hydrogens is 433 g/mol. The molecule has 3 rings (SSSR count). The maximum Gasteiger partial charge on any atom is 0.342 e. The largest absolute Gasteiger partial charge is 0.459 e. The monoisotopic (exact) mass is 457 g/mol. The van der Waals surface area contributed by atoms with E-state index in [0.717, 1.165) is 5.56 Å². The predicted molar refractivity (Wildman–Crippen MR) is 121 cm³/mol. The van der Waals surface area contributed by atoms with E-state index in [4.69, 9.17) is 16.3 Å². The highest BCUT2D eigenvalue weighted by Crippen LogP contribution is 2.34. The fourth-order valence-electron chi connectivity index (χ4n) is 3.46. The van der Waals surface area contributed by atoms with Gasteiger partial charge in [0.15, 0.2) is 0 Å². The van der Waals surface area contributed by atoms with Crippen molar-refractivity contribution in [1.29, 1.82) is 0 Å². The molecule has 0 aliphatic carbocycles. The zero-order valence-electron chi connectivity index (χ0n) is 18.4. The summed E-state index contributed by atoms with van der Waals surface area (Å²) < 4.78 is 18.8. The molecule has 1 aromatic heterocycles. The van der Waals surface area contributed by atoms with Gasteiger partial charge in [-0.3, -0.25) is 4.79 Å². The summed E-state index contributed by atoms with van der Waals surface area (Å²) in [4.78, 5) is 35.0. The van der Waals surface area contributed by atoms with Gasteiger partial charge < -0.3 is 14.6 Å². The van der Waals surface area contributed by atoms with Crippen molar-refractivity contribution in [3.63, 3.8) is 0 Å². The molecule has 1 aromatic carbocycles. The van der Waals surface area contributed by atoms with E-state index < -0.39 is 17.2 Å². The van der Waals surface area contributed by atoms with Crippen LogP contribution in [0.2, 0.25) is 5.02 Å². The third-order valence-corrected chi connectivity index (χ3v) is 5.15. The van der Waals surface area contributed by atoms with Gasteiger partial charge in [-0.05, 0) is 49.7 Å². The first kappa shape index (κ1) is 23.5. The molecule has 0 saturated carbocycles. The number of aromatic nitrogens is 2. The Morgan fingerprint density at radius 3 is 2.53 bits per heavy atom. The molecule has 0 spiro atoms. The van der Waals surface area contributed by atoms with Crippen LogP contribution in [0.3, 0.4) is 0 Å². The maximum absolute atomic E-state index is 13.4. The van der Waals surface area contributed by atoms with Crippen LogP contribution < -0.4 is 0 Å². The lowest BCUT2D eigenvalue weighted by Gasteiger charge is -2.29. The quantitative estimate of drug-likeness (QED) is 0.654. The Kier molecular flexibility index (Phi) is 6.99. The lowest BCUT2D eigenvalue weighted by Crippen LogP contribution is -2.37. The highest BCUT2D eigenvalue weighted by molar-refractivity contribution is 6.30. The molecule has 0 unspecified atom stereocenters. The molecule has 168 valence electrons. The van der Waals surface area contributed by atoms with Crippen molar-refractivity contribution in [2.24, 2.45) is 0 Å². The van der Waals surface area contributed by atoms with Gasteiger partial charge in [0.05, 0.1) is 28.7 Å². The number of halogens is 2. The van der Waals surface area contributed by atoms with E-state index in [-0.39, 0.29) is 24.1 Å². The molecule has 0 atom stereocenters. The molecule has 1 N–H and O–H groups in total. The summed E-state index contributed by atoms with van der Waals surface area (Å²) in [5, 5.41) is 0.409. The van der Waals surface area contributed by atoms with Crippen LogP contribution in [0.1, 0.15) is 49.3 Å². The highest BCUT2D eigenvalue weighted by Gasteiger charge is 2.35. The zero-order valence-corrected chi connectivity index (χ0v) is 19.1. The third-order valence-electron chi connectivity index (χ3n) is 4.92. The second-order valence-corrected chi connectivity index (χ2v) is 8.82. The lowest BCUT2D eigenvalue weighted by molar-refractivity contribution is -0.140. The number of carbonyl (C=O) groups excluding carboxylic acids is 2. The minimum Gasteiger partial charge on any atom is -0.459 e. The van der Waals surface area contributed by atoms with Crippen molar-refractivity contribution in [3.8, 4) is 0 Å². The topological polar surface area (TPSA) is 75.3 Å². The highest BCUT2D eigenvalue weighted by atomic mass is 35.5. The number of benzene rings is 1. The molecule has 1 aliphatic heterocycles. The predicted octanol–water partition coefficient (Wildman–Crippen LogP) is 5.05. The first-order valence-electron chi connectivity index (χ1n) is 10.1. The molecule has 8 heteroatoms. The summed E-state index contributed by atoms with van der Waals surface area (Å²) in [6, 6.07) is 8.77. The number of nitrogens with one attached hydrogen (secondary N) is 1. The molecule has 1 amide bonds. The minimum atomic E-state index is -0.597. The Hall–Kier alpha value is -3.19. The van der Waals surface area contributed by atoms with E-state index in [1.165, 1.54) is 47.9 Å². The van der Waals surface area contributed by atoms with E-state index in [2.05, 4.69) is 9.97 Å². The van der Waals surface area contributed by atoms with Gasteiger partial charge in [0, 0.05) is 29.9 Å². The van der Waals surface area contributed by atoms with Crippen LogP contribution in [0.25, 0.3) is 5.57 Å². The normalized spacial score (nSPS) is 14.7. The van der Waals surface area contributed by atoms with E-state index in [9.17, 15) is 14.0 Å². The number of hydrogen-bond donors (Lipinski definition) is 1. The number of amides is 1. The second kappa shape index (κ2) is 9.53. The van der Waals surface area contributed by atoms with Crippen molar-refractivity contribution < 1.29 is 18.7 Å². The van der Waals surface area contributed by atoms with Crippen LogP contribution in [-0.4, -0.2) is 39.4 Å². The van der Waals surface area contributed by atoms with Gasteiger partial charge in [-0.15, -0.1) is 0 Å². The number of hydrogen-bond acceptors (Lipinski definition) is 4. The SMILES string of the molecule is CC(C)OC(=O)C1=CN(C(=O)c2ccc(F)cc2)CC(C)(C)c2ccc(Cl)cnc[nH]c21. The fourth-order valence-corrected chi connectivity index (χ4v) is 3.58. The fraction of sp³-hybridized carbons (Fsp3) is 0.292. The number of esters is 1. The van der Waals surface area contributed by atoms with Crippen LogP contribution in [0.4, 0.5) is 4.39 Å². The van der Waals surface area contributed by atoms with Crippen LogP contribution >= 0.6 is 11.6 Å². The molecule has 6 nitrogen and oxygen atoms in total. The number of fused-ring (bicyclic) bond motifs is 1. The summed E-state index contributed by atoms with van der Waals surface area (Å²) in [6.45, 7) is 7.66. The van der Waals surface area contributed by atoms with Crippen molar-refractivity contribution in [2.75, 3.05) is 6.54 Å². The smallest absolute Gasteiger partial charge is 0.342 e. The number of aromatic amines is 1. The van der Waals surface area contributed by atoms with Gasteiger partial charge in [0.2, 0.25) is 0 Å². The molecule has 0 radical (unpaired) electrons. The molecular formula is C24H25ClFN3O3. The molecule has 0 saturated heterocycles. The van der Waals surface area contributed by atoms with Gasteiger partial charge in [-0.25, -0.2) is 14.2 Å². The third kappa shape index (κ3) is 5.34.